The molecular weight excluding hydrogens is 212 g/mol. The molecule has 0 bridgehead atoms. The minimum absolute atomic E-state index is 0.249. The van der Waals surface area contributed by atoms with Gasteiger partial charge in [-0.05, 0) is 18.6 Å². The van der Waals surface area contributed by atoms with Crippen molar-refractivity contribution < 1.29 is 14.6 Å². The third-order valence-electron chi connectivity index (χ3n) is 2.29. The molecule has 0 unspecified atom stereocenters. The van der Waals surface area contributed by atoms with E-state index in [-0.39, 0.29) is 6.42 Å². The molecule has 0 fully saturated rings. The average Bonchev–Trinajstić information content (AvgIpc) is 2.22. The Morgan fingerprint density at radius 3 is 2.40 bits per heavy atom. The van der Waals surface area contributed by atoms with Crippen molar-refractivity contribution in [1.82, 2.24) is 0 Å². The van der Waals surface area contributed by atoms with Crippen LogP contribution in [0.1, 0.15) is 11.1 Å². The Kier molecular flexibility index (Phi) is 4.16. The number of aryl methyl sites for hydroxylation is 1. The van der Waals surface area contributed by atoms with Crippen LogP contribution in [-0.2, 0) is 15.9 Å². The van der Waals surface area contributed by atoms with E-state index >= 15 is 0 Å². The summed E-state index contributed by atoms with van der Waals surface area (Å²) in [6, 6.07) is 5.80. The van der Waals surface area contributed by atoms with E-state index < -0.39 is 5.97 Å². The van der Waals surface area contributed by atoms with E-state index in [1.165, 1.54) is 14.2 Å². The Hall–Kier alpha value is -0.550. The van der Waals surface area contributed by atoms with E-state index in [9.17, 15) is 5.11 Å². The maximum atomic E-state index is 9.80. The second-order valence-electron chi connectivity index (χ2n) is 3.43. The van der Waals surface area contributed by atoms with Crippen molar-refractivity contribution in [2.75, 3.05) is 14.2 Å². The second kappa shape index (κ2) is 4.99. The molecule has 3 nitrogen and oxygen atoms in total. The summed E-state index contributed by atoms with van der Waals surface area (Å²) in [7, 11) is 2.80. The fourth-order valence-electron chi connectivity index (χ4n) is 1.29. The van der Waals surface area contributed by atoms with Gasteiger partial charge in [-0.1, -0.05) is 17.7 Å². The van der Waals surface area contributed by atoms with Gasteiger partial charge in [0.15, 0.2) is 0 Å². The van der Waals surface area contributed by atoms with Crippen LogP contribution in [0.5, 0.6) is 0 Å². The lowest BCUT2D eigenvalue weighted by Crippen LogP contribution is -2.35. The summed E-state index contributed by atoms with van der Waals surface area (Å²) in [6.45, 7) is 1.99. The van der Waals surface area contributed by atoms with Gasteiger partial charge < -0.3 is 14.6 Å². The molecule has 0 aliphatic carbocycles. The van der Waals surface area contributed by atoms with E-state index in [0.717, 1.165) is 16.0 Å². The van der Waals surface area contributed by atoms with Gasteiger partial charge in [-0.25, -0.2) is 0 Å². The summed E-state index contributed by atoms with van der Waals surface area (Å²) in [5, 5.41) is 9.80. The maximum absolute atomic E-state index is 9.80. The van der Waals surface area contributed by atoms with E-state index in [0.29, 0.717) is 0 Å². The Bertz CT molecular complexity index is 335. The zero-order chi connectivity index (χ0) is 11.5. The quantitative estimate of drug-likeness (QED) is 0.609. The Morgan fingerprint density at radius 2 is 1.93 bits per heavy atom. The molecule has 0 aliphatic rings. The van der Waals surface area contributed by atoms with Crippen molar-refractivity contribution in [1.29, 1.82) is 0 Å². The van der Waals surface area contributed by atoms with Crippen LogP contribution < -0.4 is 0 Å². The molecule has 0 saturated heterocycles. The summed E-state index contributed by atoms with van der Waals surface area (Å²) >= 11 is 4.33. The molecule has 4 heteroatoms. The molecule has 0 spiro atoms. The van der Waals surface area contributed by atoms with E-state index in [2.05, 4.69) is 12.6 Å². The lowest BCUT2D eigenvalue weighted by Gasteiger charge is -2.24. The van der Waals surface area contributed by atoms with Gasteiger partial charge in [0, 0.05) is 19.1 Å². The number of thiol groups is 1. The molecule has 1 N–H and O–H groups in total. The van der Waals surface area contributed by atoms with Crippen molar-refractivity contribution in [2.45, 2.75) is 24.2 Å². The number of aliphatic hydroxyl groups is 1. The van der Waals surface area contributed by atoms with Crippen LogP contribution in [0.4, 0.5) is 0 Å². The Labute approximate surface area is 95.4 Å². The van der Waals surface area contributed by atoms with Gasteiger partial charge in [-0.15, -0.1) is 12.6 Å². The first-order valence-electron chi connectivity index (χ1n) is 4.62. The van der Waals surface area contributed by atoms with E-state index in [1.54, 1.807) is 0 Å². The summed E-state index contributed by atoms with van der Waals surface area (Å²) in [5.41, 5.74) is 2.01. The van der Waals surface area contributed by atoms with Crippen LogP contribution in [0, 0.1) is 6.92 Å². The van der Waals surface area contributed by atoms with Gasteiger partial charge in [0.25, 0.3) is 5.97 Å². The Morgan fingerprint density at radius 1 is 1.33 bits per heavy atom. The molecule has 0 radical (unpaired) electrons. The lowest BCUT2D eigenvalue weighted by molar-refractivity contribution is -0.338. The fourth-order valence-corrected chi connectivity index (χ4v) is 1.65. The van der Waals surface area contributed by atoms with Crippen LogP contribution >= 0.6 is 12.6 Å². The zero-order valence-corrected chi connectivity index (χ0v) is 10.0. The first-order valence-corrected chi connectivity index (χ1v) is 5.06. The minimum Gasteiger partial charge on any atom is -0.343 e. The number of methoxy groups -OCH3 is 2. The van der Waals surface area contributed by atoms with Crippen molar-refractivity contribution >= 4 is 12.6 Å². The third kappa shape index (κ3) is 3.21. The Balaban J connectivity index is 2.89. The first kappa shape index (κ1) is 12.5. The van der Waals surface area contributed by atoms with Crippen LogP contribution in [-0.4, -0.2) is 25.3 Å². The highest BCUT2D eigenvalue weighted by Gasteiger charge is 2.27. The molecule has 1 aromatic carbocycles. The molecule has 84 valence electrons. The molecule has 1 rings (SSSR count). The van der Waals surface area contributed by atoms with Gasteiger partial charge in [-0.2, -0.15) is 0 Å². The van der Waals surface area contributed by atoms with E-state index in [1.807, 2.05) is 25.1 Å². The zero-order valence-electron chi connectivity index (χ0n) is 9.15. The first-order chi connectivity index (χ1) is 7.00. The molecular formula is C11H16O3S. The molecule has 0 heterocycles. The molecule has 15 heavy (non-hydrogen) atoms. The highest BCUT2D eigenvalue weighted by Crippen LogP contribution is 2.22. The maximum Gasteiger partial charge on any atom is 0.284 e. The number of rotatable bonds is 4. The van der Waals surface area contributed by atoms with Gasteiger partial charge in [0.05, 0.1) is 6.42 Å². The molecule has 0 saturated carbocycles. The molecule has 0 aromatic heterocycles. The predicted molar refractivity (Wildman–Crippen MR) is 61.1 cm³/mol. The smallest absolute Gasteiger partial charge is 0.284 e. The topological polar surface area (TPSA) is 38.7 Å². The summed E-state index contributed by atoms with van der Waals surface area (Å²) in [5.74, 6) is -1.58. The van der Waals surface area contributed by atoms with Crippen LogP contribution in [0.25, 0.3) is 0 Å². The second-order valence-corrected chi connectivity index (χ2v) is 3.91. The summed E-state index contributed by atoms with van der Waals surface area (Å²) in [6.07, 6.45) is 0.249. The van der Waals surface area contributed by atoms with Crippen LogP contribution in [0.15, 0.2) is 23.1 Å². The standard InChI is InChI=1S/C11H16O3S/c1-8-4-5-9(10(15)6-8)7-11(12,13-2)14-3/h4-6,12,15H,7H2,1-3H3. The average molecular weight is 228 g/mol. The lowest BCUT2D eigenvalue weighted by atomic mass is 10.1. The minimum atomic E-state index is -1.58. The fraction of sp³-hybridized carbons (Fsp3) is 0.455. The largest absolute Gasteiger partial charge is 0.343 e. The van der Waals surface area contributed by atoms with Crippen molar-refractivity contribution in [3.8, 4) is 0 Å². The van der Waals surface area contributed by atoms with Gasteiger partial charge >= 0.3 is 0 Å². The highest BCUT2D eigenvalue weighted by atomic mass is 32.1. The van der Waals surface area contributed by atoms with Gasteiger partial charge in [0.1, 0.15) is 0 Å². The molecule has 0 atom stereocenters. The van der Waals surface area contributed by atoms with Crippen molar-refractivity contribution in [2.24, 2.45) is 0 Å². The number of benzene rings is 1. The summed E-state index contributed by atoms with van der Waals surface area (Å²) < 4.78 is 9.75. The van der Waals surface area contributed by atoms with Crippen molar-refractivity contribution in [3.63, 3.8) is 0 Å². The number of hydrogen-bond donors (Lipinski definition) is 2. The highest BCUT2D eigenvalue weighted by molar-refractivity contribution is 7.80. The normalized spacial score (nSPS) is 11.8. The van der Waals surface area contributed by atoms with Gasteiger partial charge in [0.2, 0.25) is 0 Å². The SMILES string of the molecule is COC(O)(Cc1ccc(C)cc1S)OC. The van der Waals surface area contributed by atoms with Crippen LogP contribution in [0.3, 0.4) is 0 Å². The van der Waals surface area contributed by atoms with Crippen LogP contribution in [0.2, 0.25) is 0 Å². The monoisotopic (exact) mass is 228 g/mol. The summed E-state index contributed by atoms with van der Waals surface area (Å²) in [4.78, 5) is 0.822. The number of hydrogen-bond acceptors (Lipinski definition) is 4. The third-order valence-corrected chi connectivity index (χ3v) is 2.71. The predicted octanol–water partition coefficient (Wildman–Crippen LogP) is 1.77. The molecule has 1 aromatic rings. The van der Waals surface area contributed by atoms with Gasteiger partial charge in [-0.3, -0.25) is 0 Å². The van der Waals surface area contributed by atoms with Crippen molar-refractivity contribution in [3.05, 3.63) is 29.3 Å². The number of ether oxygens (including phenoxy) is 2. The molecule has 0 aliphatic heterocycles. The van der Waals surface area contributed by atoms with E-state index in [4.69, 9.17) is 9.47 Å². The molecule has 0 amide bonds.